The van der Waals surface area contributed by atoms with Crippen LogP contribution in [0.5, 0.6) is 0 Å². The zero-order chi connectivity index (χ0) is 24.1. The minimum atomic E-state index is -0.544. The zero-order valence-corrected chi connectivity index (χ0v) is 19.2. The molecule has 4 aromatic rings. The number of carbonyl (C=O) groups is 2. The van der Waals surface area contributed by atoms with Gasteiger partial charge in [0.1, 0.15) is 5.78 Å². The van der Waals surface area contributed by atoms with E-state index in [-0.39, 0.29) is 12.2 Å². The van der Waals surface area contributed by atoms with Gasteiger partial charge in [0, 0.05) is 29.4 Å². The standard InChI is InChI=1S/C29H28N2O3/c1-2-22(32)14-15-23(33)17-19-13-16-25-24(18-19)27(29(30)34)26(20-9-5-3-6-10-20)28(31-25)21-11-7-4-8-12-21/h3-13,16,18,22,32H,2,14-15,17H2,1H3,(H2,30,34)/t22-/m1/s1. The average Bonchev–Trinajstić information content (AvgIpc) is 2.87. The van der Waals surface area contributed by atoms with Crippen molar-refractivity contribution in [3.63, 3.8) is 0 Å². The number of aliphatic hydroxyl groups is 1. The predicted molar refractivity (Wildman–Crippen MR) is 135 cm³/mol. The first-order valence-corrected chi connectivity index (χ1v) is 11.5. The van der Waals surface area contributed by atoms with Gasteiger partial charge in [0.05, 0.1) is 22.9 Å². The first-order valence-electron chi connectivity index (χ1n) is 11.5. The van der Waals surface area contributed by atoms with Gasteiger partial charge in [0.25, 0.3) is 0 Å². The van der Waals surface area contributed by atoms with E-state index in [1.807, 2.05) is 85.8 Å². The lowest BCUT2D eigenvalue weighted by Crippen LogP contribution is -2.15. The smallest absolute Gasteiger partial charge is 0.250 e. The monoisotopic (exact) mass is 452 g/mol. The second kappa shape index (κ2) is 10.4. The fourth-order valence-corrected chi connectivity index (χ4v) is 4.21. The van der Waals surface area contributed by atoms with Crippen molar-refractivity contribution < 1.29 is 14.7 Å². The lowest BCUT2D eigenvalue weighted by molar-refractivity contribution is -0.119. The van der Waals surface area contributed by atoms with Crippen molar-refractivity contribution in [3.05, 3.63) is 90.0 Å². The molecule has 0 saturated carbocycles. The SMILES string of the molecule is CC[C@@H](O)CCC(=O)Cc1ccc2nc(-c3ccccc3)c(-c3ccccc3)c(C(N)=O)c2c1. The molecular formula is C29H28N2O3. The van der Waals surface area contributed by atoms with Crippen LogP contribution in [0.3, 0.4) is 0 Å². The summed E-state index contributed by atoms with van der Waals surface area (Å²) in [6.45, 7) is 1.89. The highest BCUT2D eigenvalue weighted by Gasteiger charge is 2.22. The quantitative estimate of drug-likeness (QED) is 0.359. The molecule has 5 nitrogen and oxygen atoms in total. The van der Waals surface area contributed by atoms with Gasteiger partial charge >= 0.3 is 0 Å². The van der Waals surface area contributed by atoms with E-state index in [1.54, 1.807) is 0 Å². The highest BCUT2D eigenvalue weighted by atomic mass is 16.3. The maximum Gasteiger partial charge on any atom is 0.250 e. The number of ketones is 1. The summed E-state index contributed by atoms with van der Waals surface area (Å²) >= 11 is 0. The Morgan fingerprint density at radius 2 is 1.59 bits per heavy atom. The molecule has 3 aromatic carbocycles. The van der Waals surface area contributed by atoms with E-state index < -0.39 is 12.0 Å². The Hall–Kier alpha value is -3.83. The molecule has 0 fully saturated rings. The Morgan fingerprint density at radius 3 is 2.21 bits per heavy atom. The molecule has 0 aliphatic rings. The number of carbonyl (C=O) groups excluding carboxylic acids is 2. The van der Waals surface area contributed by atoms with Gasteiger partial charge in [-0.05, 0) is 36.1 Å². The number of fused-ring (bicyclic) bond motifs is 1. The van der Waals surface area contributed by atoms with E-state index in [0.29, 0.717) is 47.0 Å². The Balaban J connectivity index is 1.86. The summed E-state index contributed by atoms with van der Waals surface area (Å²) in [5.41, 5.74) is 10.9. The van der Waals surface area contributed by atoms with Gasteiger partial charge in [-0.2, -0.15) is 0 Å². The second-order valence-electron chi connectivity index (χ2n) is 8.47. The lowest BCUT2D eigenvalue weighted by Gasteiger charge is -2.17. The summed E-state index contributed by atoms with van der Waals surface area (Å²) in [6, 6.07) is 24.9. The van der Waals surface area contributed by atoms with Crippen molar-refractivity contribution in [1.29, 1.82) is 0 Å². The molecular weight excluding hydrogens is 424 g/mol. The Kier molecular flexibility index (Phi) is 7.14. The molecule has 3 N–H and O–H groups in total. The highest BCUT2D eigenvalue weighted by molar-refractivity contribution is 6.13. The molecule has 4 rings (SSSR count). The third-order valence-corrected chi connectivity index (χ3v) is 6.03. The molecule has 1 aromatic heterocycles. The predicted octanol–water partition coefficient (Wildman–Crippen LogP) is 5.33. The van der Waals surface area contributed by atoms with E-state index in [1.165, 1.54) is 0 Å². The van der Waals surface area contributed by atoms with Crippen molar-refractivity contribution in [3.8, 4) is 22.4 Å². The summed E-state index contributed by atoms with van der Waals surface area (Å²) in [7, 11) is 0. The number of aliphatic hydroxyl groups excluding tert-OH is 1. The third kappa shape index (κ3) is 5.05. The van der Waals surface area contributed by atoms with E-state index >= 15 is 0 Å². The van der Waals surface area contributed by atoms with Gasteiger partial charge in [-0.1, -0.05) is 73.7 Å². The number of benzene rings is 3. The molecule has 1 atom stereocenters. The molecule has 0 aliphatic heterocycles. The van der Waals surface area contributed by atoms with Crippen LogP contribution in [-0.4, -0.2) is 27.9 Å². The molecule has 0 radical (unpaired) electrons. The molecule has 0 bridgehead atoms. The number of pyridine rings is 1. The first-order chi connectivity index (χ1) is 16.5. The van der Waals surface area contributed by atoms with Gasteiger partial charge < -0.3 is 10.8 Å². The topological polar surface area (TPSA) is 93.3 Å². The number of hydrogen-bond donors (Lipinski definition) is 2. The van der Waals surface area contributed by atoms with Crippen LogP contribution in [0, 0.1) is 0 Å². The van der Waals surface area contributed by atoms with Gasteiger partial charge in [0.2, 0.25) is 5.91 Å². The van der Waals surface area contributed by atoms with E-state index in [2.05, 4.69) is 0 Å². The van der Waals surface area contributed by atoms with E-state index in [4.69, 9.17) is 10.7 Å². The average molecular weight is 453 g/mol. The Bertz CT molecular complexity index is 1320. The summed E-state index contributed by atoms with van der Waals surface area (Å²) in [4.78, 5) is 30.3. The Labute approximate surface area is 199 Å². The van der Waals surface area contributed by atoms with Crippen molar-refractivity contribution in [2.24, 2.45) is 5.73 Å². The van der Waals surface area contributed by atoms with Gasteiger partial charge in [-0.25, -0.2) is 4.98 Å². The van der Waals surface area contributed by atoms with Crippen LogP contribution in [0.4, 0.5) is 0 Å². The van der Waals surface area contributed by atoms with Crippen molar-refractivity contribution >= 4 is 22.6 Å². The summed E-state index contributed by atoms with van der Waals surface area (Å²) in [5, 5.41) is 10.4. The highest BCUT2D eigenvalue weighted by Crippen LogP contribution is 2.37. The third-order valence-electron chi connectivity index (χ3n) is 6.03. The maximum atomic E-state index is 12.8. The number of rotatable bonds is 9. The van der Waals surface area contributed by atoms with Crippen molar-refractivity contribution in [2.75, 3.05) is 0 Å². The van der Waals surface area contributed by atoms with Crippen LogP contribution in [-0.2, 0) is 11.2 Å². The van der Waals surface area contributed by atoms with Crippen LogP contribution < -0.4 is 5.73 Å². The minimum absolute atomic E-state index is 0.0459. The molecule has 0 saturated heterocycles. The molecule has 172 valence electrons. The molecule has 0 unspecified atom stereocenters. The molecule has 0 spiro atoms. The number of nitrogens with zero attached hydrogens (tertiary/aromatic N) is 1. The van der Waals surface area contributed by atoms with E-state index in [0.717, 1.165) is 16.7 Å². The number of Topliss-reactive ketones (excluding diaryl/α,β-unsaturated/α-hetero) is 1. The number of nitrogens with two attached hydrogens (primary N) is 1. The van der Waals surface area contributed by atoms with Gasteiger partial charge in [-0.3, -0.25) is 9.59 Å². The summed E-state index contributed by atoms with van der Waals surface area (Å²) < 4.78 is 0. The Morgan fingerprint density at radius 1 is 0.941 bits per heavy atom. The fourth-order valence-electron chi connectivity index (χ4n) is 4.21. The molecule has 1 amide bonds. The fraction of sp³-hybridized carbons (Fsp3) is 0.207. The largest absolute Gasteiger partial charge is 0.393 e. The molecule has 5 heteroatoms. The summed E-state index contributed by atoms with van der Waals surface area (Å²) in [5.74, 6) is -0.498. The maximum absolute atomic E-state index is 12.8. The van der Waals surface area contributed by atoms with Crippen molar-refractivity contribution in [2.45, 2.75) is 38.7 Å². The van der Waals surface area contributed by atoms with Crippen LogP contribution in [0.1, 0.15) is 42.1 Å². The van der Waals surface area contributed by atoms with Gasteiger partial charge in [-0.15, -0.1) is 0 Å². The molecule has 34 heavy (non-hydrogen) atoms. The van der Waals surface area contributed by atoms with E-state index in [9.17, 15) is 14.7 Å². The van der Waals surface area contributed by atoms with Crippen LogP contribution in [0.25, 0.3) is 33.3 Å². The molecule has 0 aliphatic carbocycles. The first kappa shape index (κ1) is 23.3. The summed E-state index contributed by atoms with van der Waals surface area (Å²) in [6.07, 6.45) is 1.16. The molecule has 1 heterocycles. The number of primary amides is 1. The van der Waals surface area contributed by atoms with Crippen LogP contribution in [0.2, 0.25) is 0 Å². The second-order valence-corrected chi connectivity index (χ2v) is 8.47. The van der Waals surface area contributed by atoms with Crippen LogP contribution >= 0.6 is 0 Å². The normalized spacial score (nSPS) is 11.9. The van der Waals surface area contributed by atoms with Crippen molar-refractivity contribution in [1.82, 2.24) is 4.98 Å². The number of aromatic nitrogens is 1. The van der Waals surface area contributed by atoms with Gasteiger partial charge in [0.15, 0.2) is 0 Å². The van der Waals surface area contributed by atoms with Crippen LogP contribution in [0.15, 0.2) is 78.9 Å². The number of amides is 1. The number of hydrogen-bond acceptors (Lipinski definition) is 4. The zero-order valence-electron chi connectivity index (χ0n) is 19.2. The lowest BCUT2D eigenvalue weighted by atomic mass is 9.90. The minimum Gasteiger partial charge on any atom is -0.393 e.